The molecular weight excluding hydrogens is 282 g/mol. The fourth-order valence-electron chi connectivity index (χ4n) is 2.62. The van der Waals surface area contributed by atoms with Crippen molar-refractivity contribution in [3.63, 3.8) is 0 Å². The molecule has 0 atom stereocenters. The second-order valence-electron chi connectivity index (χ2n) is 5.18. The molecule has 20 heavy (non-hydrogen) atoms. The normalized spacial score (nSPS) is 23.1. The highest BCUT2D eigenvalue weighted by atomic mass is 32.2. The van der Waals surface area contributed by atoms with Crippen LogP contribution >= 0.6 is 0 Å². The fraction of sp³-hybridized carbons (Fsp3) is 0.917. The Hall–Kier alpha value is -0.700. The van der Waals surface area contributed by atoms with Gasteiger partial charge < -0.3 is 9.64 Å². The van der Waals surface area contributed by atoms with E-state index in [1.165, 1.54) is 7.11 Å². The van der Waals surface area contributed by atoms with Crippen LogP contribution in [0.4, 0.5) is 0 Å². The third-order valence-corrected chi connectivity index (χ3v) is 5.94. The highest BCUT2D eigenvalue weighted by Gasteiger charge is 2.33. The first-order valence-corrected chi connectivity index (χ1v) is 8.48. The number of carbonyl (C=O) groups is 1. The molecule has 2 aliphatic heterocycles. The Morgan fingerprint density at radius 3 is 2.10 bits per heavy atom. The van der Waals surface area contributed by atoms with Gasteiger partial charge in [-0.15, -0.1) is 0 Å². The van der Waals surface area contributed by atoms with E-state index in [1.54, 1.807) is 8.61 Å². The zero-order valence-corrected chi connectivity index (χ0v) is 12.8. The lowest BCUT2D eigenvalue weighted by Gasteiger charge is -2.35. The fourth-order valence-corrected chi connectivity index (χ4v) is 4.29. The lowest BCUT2D eigenvalue weighted by Crippen LogP contribution is -2.52. The zero-order valence-electron chi connectivity index (χ0n) is 12.0. The Balaban J connectivity index is 1.80. The number of methoxy groups -OCH3 is 1. The maximum absolute atomic E-state index is 12.4. The Kier molecular flexibility index (Phi) is 5.36. The quantitative estimate of drug-likeness (QED) is 0.641. The summed E-state index contributed by atoms with van der Waals surface area (Å²) >= 11 is 0. The van der Waals surface area contributed by atoms with Crippen LogP contribution < -0.4 is 0 Å². The summed E-state index contributed by atoms with van der Waals surface area (Å²) < 4.78 is 32.5. The van der Waals surface area contributed by atoms with Gasteiger partial charge in [0, 0.05) is 45.8 Å². The highest BCUT2D eigenvalue weighted by Crippen LogP contribution is 2.18. The molecule has 8 heteroatoms. The lowest BCUT2D eigenvalue weighted by molar-refractivity contribution is -0.141. The molecule has 2 saturated heterocycles. The molecule has 2 heterocycles. The van der Waals surface area contributed by atoms with Gasteiger partial charge in [0.15, 0.2) is 0 Å². The van der Waals surface area contributed by atoms with Crippen molar-refractivity contribution in [2.24, 2.45) is 0 Å². The van der Waals surface area contributed by atoms with Crippen molar-refractivity contribution in [2.45, 2.75) is 19.3 Å². The molecule has 0 bridgehead atoms. The highest BCUT2D eigenvalue weighted by molar-refractivity contribution is 7.86. The van der Waals surface area contributed by atoms with E-state index in [4.69, 9.17) is 0 Å². The van der Waals surface area contributed by atoms with Crippen LogP contribution in [0.15, 0.2) is 0 Å². The maximum Gasteiger partial charge on any atom is 0.306 e. The van der Waals surface area contributed by atoms with E-state index in [0.29, 0.717) is 52.2 Å². The van der Waals surface area contributed by atoms with Crippen LogP contribution in [0.25, 0.3) is 0 Å². The predicted molar refractivity (Wildman–Crippen MR) is 74.4 cm³/mol. The summed E-state index contributed by atoms with van der Waals surface area (Å²) in [7, 11) is -1.89. The molecule has 0 aliphatic carbocycles. The second-order valence-corrected chi connectivity index (χ2v) is 7.11. The molecular formula is C12H23N3O4S. The molecule has 2 rings (SSSR count). The molecule has 2 aliphatic rings. The Bertz CT molecular complexity index is 426. The number of hydrogen-bond acceptors (Lipinski definition) is 5. The van der Waals surface area contributed by atoms with Crippen molar-refractivity contribution in [3.05, 3.63) is 0 Å². The van der Waals surface area contributed by atoms with E-state index >= 15 is 0 Å². The van der Waals surface area contributed by atoms with Gasteiger partial charge in [-0.1, -0.05) is 0 Å². The molecule has 2 fully saturated rings. The number of rotatable bonds is 5. The molecule has 0 spiro atoms. The van der Waals surface area contributed by atoms with Crippen LogP contribution in [-0.4, -0.2) is 80.8 Å². The summed E-state index contributed by atoms with van der Waals surface area (Å²) in [6.45, 7) is 4.26. The summed E-state index contributed by atoms with van der Waals surface area (Å²) in [5.41, 5.74) is 0. The van der Waals surface area contributed by atoms with Crippen molar-refractivity contribution >= 4 is 16.2 Å². The van der Waals surface area contributed by atoms with Gasteiger partial charge in [0.25, 0.3) is 10.2 Å². The zero-order chi connectivity index (χ0) is 14.6. The summed E-state index contributed by atoms with van der Waals surface area (Å²) in [5, 5.41) is 0. The van der Waals surface area contributed by atoms with Gasteiger partial charge in [0.2, 0.25) is 0 Å². The van der Waals surface area contributed by atoms with E-state index in [0.717, 1.165) is 12.8 Å². The van der Waals surface area contributed by atoms with Gasteiger partial charge in [-0.3, -0.25) is 4.79 Å². The third kappa shape index (κ3) is 3.69. The van der Waals surface area contributed by atoms with Crippen molar-refractivity contribution in [3.8, 4) is 0 Å². The first kappa shape index (κ1) is 15.7. The molecule has 0 radical (unpaired) electrons. The summed E-state index contributed by atoms with van der Waals surface area (Å²) in [6, 6.07) is 0. The van der Waals surface area contributed by atoms with E-state index in [-0.39, 0.29) is 5.97 Å². The van der Waals surface area contributed by atoms with Crippen molar-refractivity contribution in [1.82, 2.24) is 13.5 Å². The number of piperazine rings is 1. The SMILES string of the molecule is COC(=O)CCN1CCN(S(=O)(=O)N2CCCC2)CC1. The summed E-state index contributed by atoms with van der Waals surface area (Å²) in [6.07, 6.45) is 2.27. The number of hydrogen-bond donors (Lipinski definition) is 0. The number of carbonyl (C=O) groups excluding carboxylic acids is 1. The van der Waals surface area contributed by atoms with Crippen LogP contribution in [0.2, 0.25) is 0 Å². The third-order valence-electron chi connectivity index (χ3n) is 3.91. The molecule has 0 unspecified atom stereocenters. The second kappa shape index (κ2) is 6.84. The van der Waals surface area contributed by atoms with Gasteiger partial charge in [0.1, 0.15) is 0 Å². The number of nitrogens with zero attached hydrogens (tertiary/aromatic N) is 3. The Morgan fingerprint density at radius 1 is 1.00 bits per heavy atom. The average Bonchev–Trinajstić information content (AvgIpc) is 3.00. The van der Waals surface area contributed by atoms with Gasteiger partial charge in [0.05, 0.1) is 13.5 Å². The molecule has 0 aromatic carbocycles. The van der Waals surface area contributed by atoms with Crippen LogP contribution in [0, 0.1) is 0 Å². The molecule has 0 saturated carbocycles. The summed E-state index contributed by atoms with van der Waals surface area (Å²) in [5.74, 6) is -0.225. The standard InChI is InChI=1S/C12H23N3O4S/c1-19-12(16)4-7-13-8-10-15(11-9-13)20(17,18)14-5-2-3-6-14/h2-11H2,1H3. The maximum atomic E-state index is 12.4. The van der Waals surface area contributed by atoms with Crippen molar-refractivity contribution < 1.29 is 17.9 Å². The van der Waals surface area contributed by atoms with Crippen molar-refractivity contribution in [1.29, 1.82) is 0 Å². The molecule has 0 aromatic heterocycles. The predicted octanol–water partition coefficient (Wildman–Crippen LogP) is -0.492. The minimum atomic E-state index is -3.27. The van der Waals surface area contributed by atoms with Crippen LogP contribution in [0.1, 0.15) is 19.3 Å². The molecule has 7 nitrogen and oxygen atoms in total. The van der Waals surface area contributed by atoms with Gasteiger partial charge in [-0.25, -0.2) is 0 Å². The number of esters is 1. The largest absolute Gasteiger partial charge is 0.469 e. The minimum absolute atomic E-state index is 0.225. The molecule has 0 amide bonds. The Labute approximate surface area is 120 Å². The molecule has 116 valence electrons. The van der Waals surface area contributed by atoms with Crippen molar-refractivity contribution in [2.75, 3.05) is 52.9 Å². The van der Waals surface area contributed by atoms with E-state index in [1.807, 2.05) is 0 Å². The Morgan fingerprint density at radius 2 is 1.55 bits per heavy atom. The smallest absolute Gasteiger partial charge is 0.306 e. The number of ether oxygens (including phenoxy) is 1. The van der Waals surface area contributed by atoms with E-state index < -0.39 is 10.2 Å². The first-order chi connectivity index (χ1) is 9.54. The summed E-state index contributed by atoms with van der Waals surface area (Å²) in [4.78, 5) is 13.2. The van der Waals surface area contributed by atoms with Gasteiger partial charge in [-0.05, 0) is 12.8 Å². The van der Waals surface area contributed by atoms with Crippen LogP contribution in [0.5, 0.6) is 0 Å². The van der Waals surface area contributed by atoms with Gasteiger partial charge >= 0.3 is 5.97 Å². The molecule has 0 N–H and O–H groups in total. The minimum Gasteiger partial charge on any atom is -0.469 e. The van der Waals surface area contributed by atoms with Gasteiger partial charge in [-0.2, -0.15) is 17.0 Å². The monoisotopic (exact) mass is 305 g/mol. The van der Waals surface area contributed by atoms with E-state index in [9.17, 15) is 13.2 Å². The average molecular weight is 305 g/mol. The lowest BCUT2D eigenvalue weighted by atomic mass is 10.3. The van der Waals surface area contributed by atoms with E-state index in [2.05, 4.69) is 9.64 Å². The van der Waals surface area contributed by atoms with Crippen LogP contribution in [-0.2, 0) is 19.7 Å². The topological polar surface area (TPSA) is 70.2 Å². The first-order valence-electron chi connectivity index (χ1n) is 7.08. The van der Waals surface area contributed by atoms with Crippen LogP contribution in [0.3, 0.4) is 0 Å². The molecule has 0 aromatic rings.